The van der Waals surface area contributed by atoms with Gasteiger partial charge in [-0.15, -0.1) is 6.42 Å². The van der Waals surface area contributed by atoms with E-state index in [0.29, 0.717) is 11.8 Å². The minimum absolute atomic E-state index is 0.0677. The Bertz CT molecular complexity index is 245. The molecule has 0 spiro atoms. The second-order valence-corrected chi connectivity index (χ2v) is 2.90. The molecule has 1 aliphatic heterocycles. The van der Waals surface area contributed by atoms with E-state index in [1.165, 1.54) is 0 Å². The number of thioether (sulfide) groups is 1. The molecule has 0 bridgehead atoms. The van der Waals surface area contributed by atoms with Gasteiger partial charge in [0.05, 0.1) is 6.54 Å². The molecule has 5 heteroatoms. The number of hydrogen-bond donors (Lipinski definition) is 1. The standard InChI is InChI=1S/C6H5NO3S/c1-2-3-7-4(8)5(9)11-6(7)10/h1,5,9H,3H2. The summed E-state index contributed by atoms with van der Waals surface area (Å²) in [7, 11) is 0. The molecule has 1 aliphatic rings. The van der Waals surface area contributed by atoms with Gasteiger partial charge in [0.15, 0.2) is 5.44 Å². The van der Waals surface area contributed by atoms with E-state index in [2.05, 4.69) is 5.92 Å². The van der Waals surface area contributed by atoms with Crippen molar-refractivity contribution in [3.8, 4) is 12.3 Å². The number of imide groups is 1. The van der Waals surface area contributed by atoms with E-state index in [-0.39, 0.29) is 6.54 Å². The Morgan fingerprint density at radius 2 is 2.36 bits per heavy atom. The van der Waals surface area contributed by atoms with Crippen LogP contribution in [0.2, 0.25) is 0 Å². The van der Waals surface area contributed by atoms with Gasteiger partial charge in [-0.1, -0.05) is 5.92 Å². The highest BCUT2D eigenvalue weighted by Gasteiger charge is 2.37. The minimum atomic E-state index is -1.27. The summed E-state index contributed by atoms with van der Waals surface area (Å²) >= 11 is 0.574. The van der Waals surface area contributed by atoms with Gasteiger partial charge in [-0.25, -0.2) is 0 Å². The maximum Gasteiger partial charge on any atom is 0.292 e. The van der Waals surface area contributed by atoms with Gasteiger partial charge in [-0.05, 0) is 11.8 Å². The first kappa shape index (κ1) is 8.11. The van der Waals surface area contributed by atoms with E-state index < -0.39 is 16.6 Å². The third kappa shape index (κ3) is 1.37. The molecule has 1 atom stereocenters. The number of aliphatic hydroxyl groups is 1. The first-order chi connectivity index (χ1) is 5.16. The quantitative estimate of drug-likeness (QED) is 0.547. The number of nitrogens with zero attached hydrogens (tertiary/aromatic N) is 1. The highest BCUT2D eigenvalue weighted by Crippen LogP contribution is 2.23. The van der Waals surface area contributed by atoms with Gasteiger partial charge in [-0.3, -0.25) is 14.5 Å². The zero-order valence-electron chi connectivity index (χ0n) is 5.48. The Labute approximate surface area is 67.6 Å². The Hall–Kier alpha value is -0.990. The molecule has 1 fully saturated rings. The lowest BCUT2D eigenvalue weighted by Crippen LogP contribution is -2.31. The maximum atomic E-state index is 10.8. The van der Waals surface area contributed by atoms with Crippen LogP contribution in [0.5, 0.6) is 0 Å². The second-order valence-electron chi connectivity index (χ2n) is 1.86. The normalized spacial score (nSPS) is 24.0. The summed E-state index contributed by atoms with van der Waals surface area (Å²) in [5.74, 6) is 1.52. The fourth-order valence-corrected chi connectivity index (χ4v) is 1.37. The van der Waals surface area contributed by atoms with Crippen molar-refractivity contribution >= 4 is 22.9 Å². The molecule has 0 aromatic carbocycles. The summed E-state index contributed by atoms with van der Waals surface area (Å²) in [6, 6.07) is 0. The first-order valence-corrected chi connectivity index (χ1v) is 3.68. The first-order valence-electron chi connectivity index (χ1n) is 2.80. The van der Waals surface area contributed by atoms with Gasteiger partial charge in [0.2, 0.25) is 0 Å². The highest BCUT2D eigenvalue weighted by atomic mass is 32.2. The van der Waals surface area contributed by atoms with Crippen LogP contribution in [-0.2, 0) is 4.79 Å². The van der Waals surface area contributed by atoms with Crippen LogP contribution in [0.4, 0.5) is 4.79 Å². The van der Waals surface area contributed by atoms with Crippen LogP contribution in [0.25, 0.3) is 0 Å². The molecule has 4 nitrogen and oxygen atoms in total. The van der Waals surface area contributed by atoms with E-state index in [1.54, 1.807) is 0 Å². The molecular formula is C6H5NO3S. The van der Waals surface area contributed by atoms with Crippen LogP contribution in [0, 0.1) is 12.3 Å². The molecule has 0 aromatic heterocycles. The van der Waals surface area contributed by atoms with Crippen molar-refractivity contribution in [2.45, 2.75) is 5.44 Å². The van der Waals surface area contributed by atoms with Crippen molar-refractivity contribution < 1.29 is 14.7 Å². The highest BCUT2D eigenvalue weighted by molar-refractivity contribution is 8.15. The van der Waals surface area contributed by atoms with E-state index >= 15 is 0 Å². The molecule has 1 saturated heterocycles. The van der Waals surface area contributed by atoms with Gasteiger partial charge >= 0.3 is 0 Å². The largest absolute Gasteiger partial charge is 0.373 e. The summed E-state index contributed by atoms with van der Waals surface area (Å²) in [5, 5.41) is 8.36. The summed E-state index contributed by atoms with van der Waals surface area (Å²) in [4.78, 5) is 22.5. The molecular weight excluding hydrogens is 166 g/mol. The number of amides is 2. The lowest BCUT2D eigenvalue weighted by Gasteiger charge is -2.06. The van der Waals surface area contributed by atoms with Crippen LogP contribution in [-0.4, -0.2) is 33.1 Å². The molecule has 0 saturated carbocycles. The molecule has 0 aliphatic carbocycles. The number of aliphatic hydroxyl groups excluding tert-OH is 1. The number of terminal acetylenes is 1. The Balaban J connectivity index is 2.73. The molecule has 1 unspecified atom stereocenters. The van der Waals surface area contributed by atoms with Crippen LogP contribution in [0.15, 0.2) is 0 Å². The smallest absolute Gasteiger partial charge is 0.292 e. The SMILES string of the molecule is C#CCN1C(=O)SC(O)C1=O. The van der Waals surface area contributed by atoms with Gasteiger partial charge < -0.3 is 5.11 Å². The predicted molar refractivity (Wildman–Crippen MR) is 39.5 cm³/mol. The third-order valence-corrected chi connectivity index (χ3v) is 2.01. The molecule has 1 N–H and O–H groups in total. The van der Waals surface area contributed by atoms with Crippen LogP contribution in [0.1, 0.15) is 0 Å². The third-order valence-electron chi connectivity index (χ3n) is 1.16. The topological polar surface area (TPSA) is 57.6 Å². The van der Waals surface area contributed by atoms with Gasteiger partial charge in [0, 0.05) is 0 Å². The van der Waals surface area contributed by atoms with E-state index in [9.17, 15) is 9.59 Å². The van der Waals surface area contributed by atoms with Gasteiger partial charge in [0.1, 0.15) is 0 Å². The Kier molecular flexibility index (Phi) is 2.17. The van der Waals surface area contributed by atoms with E-state index in [0.717, 1.165) is 4.90 Å². The monoisotopic (exact) mass is 171 g/mol. The van der Waals surface area contributed by atoms with Gasteiger partial charge in [0.25, 0.3) is 11.1 Å². The average Bonchev–Trinajstić information content (AvgIpc) is 2.17. The van der Waals surface area contributed by atoms with Crippen molar-refractivity contribution in [2.24, 2.45) is 0 Å². The van der Waals surface area contributed by atoms with Crippen molar-refractivity contribution in [1.82, 2.24) is 4.90 Å². The van der Waals surface area contributed by atoms with Crippen LogP contribution < -0.4 is 0 Å². The number of rotatable bonds is 1. The average molecular weight is 171 g/mol. The minimum Gasteiger partial charge on any atom is -0.373 e. The van der Waals surface area contributed by atoms with E-state index in [4.69, 9.17) is 11.5 Å². The molecule has 2 amide bonds. The number of carbonyl (C=O) groups is 2. The summed E-state index contributed by atoms with van der Waals surface area (Å²) in [6.45, 7) is -0.0677. The Morgan fingerprint density at radius 1 is 1.73 bits per heavy atom. The predicted octanol–water partition coefficient (Wildman–Crippen LogP) is -0.367. The second kappa shape index (κ2) is 2.95. The zero-order chi connectivity index (χ0) is 8.43. The summed E-state index contributed by atoms with van der Waals surface area (Å²) in [6.07, 6.45) is 4.89. The fourth-order valence-electron chi connectivity index (χ4n) is 0.667. The van der Waals surface area contributed by atoms with E-state index in [1.807, 2.05) is 0 Å². The van der Waals surface area contributed by atoms with Gasteiger partial charge in [-0.2, -0.15) is 0 Å². The number of carbonyl (C=O) groups excluding carboxylic acids is 2. The lowest BCUT2D eigenvalue weighted by atomic mass is 10.5. The fraction of sp³-hybridized carbons (Fsp3) is 0.333. The maximum absolute atomic E-state index is 10.8. The molecule has 11 heavy (non-hydrogen) atoms. The summed E-state index contributed by atoms with van der Waals surface area (Å²) in [5.41, 5.74) is -1.27. The molecule has 1 heterocycles. The van der Waals surface area contributed by atoms with Crippen molar-refractivity contribution in [3.05, 3.63) is 0 Å². The van der Waals surface area contributed by atoms with Crippen LogP contribution >= 0.6 is 11.8 Å². The molecule has 1 rings (SSSR count). The summed E-state index contributed by atoms with van der Waals surface area (Å²) < 4.78 is 0. The van der Waals surface area contributed by atoms with Crippen LogP contribution in [0.3, 0.4) is 0 Å². The van der Waals surface area contributed by atoms with Crippen molar-refractivity contribution in [1.29, 1.82) is 0 Å². The van der Waals surface area contributed by atoms with Crippen molar-refractivity contribution in [3.63, 3.8) is 0 Å². The number of hydrogen-bond acceptors (Lipinski definition) is 4. The molecule has 0 radical (unpaired) electrons. The van der Waals surface area contributed by atoms with Crippen molar-refractivity contribution in [2.75, 3.05) is 6.54 Å². The Morgan fingerprint density at radius 3 is 2.73 bits per heavy atom. The molecule has 0 aromatic rings. The zero-order valence-corrected chi connectivity index (χ0v) is 6.30. The molecule has 58 valence electrons. The lowest BCUT2D eigenvalue weighted by molar-refractivity contribution is -0.130.